The van der Waals surface area contributed by atoms with Gasteiger partial charge < -0.3 is 19.9 Å². The zero-order chi connectivity index (χ0) is 17.4. The monoisotopic (exact) mass is 339 g/mol. The van der Waals surface area contributed by atoms with Gasteiger partial charge in [0.1, 0.15) is 0 Å². The SMILES string of the molecule is CN1CC=C(c2c[nH]c3ccc(C(=O)N4CCC(O)CC4)cc23)CC1. The van der Waals surface area contributed by atoms with Gasteiger partial charge in [-0.1, -0.05) is 6.08 Å². The number of hydrogen-bond acceptors (Lipinski definition) is 3. The van der Waals surface area contributed by atoms with Crippen LogP contribution in [0.25, 0.3) is 16.5 Å². The minimum absolute atomic E-state index is 0.0679. The summed E-state index contributed by atoms with van der Waals surface area (Å²) in [6.07, 6.45) is 6.46. The smallest absolute Gasteiger partial charge is 0.253 e. The van der Waals surface area contributed by atoms with Crippen LogP contribution in [0.4, 0.5) is 0 Å². The van der Waals surface area contributed by atoms with Crippen LogP contribution in [0, 0.1) is 0 Å². The van der Waals surface area contributed by atoms with Crippen molar-refractivity contribution in [1.82, 2.24) is 14.8 Å². The number of nitrogens with zero attached hydrogens (tertiary/aromatic N) is 2. The van der Waals surface area contributed by atoms with Crippen molar-refractivity contribution in [2.45, 2.75) is 25.4 Å². The van der Waals surface area contributed by atoms with Gasteiger partial charge in [0.15, 0.2) is 0 Å². The van der Waals surface area contributed by atoms with Crippen molar-refractivity contribution in [3.63, 3.8) is 0 Å². The van der Waals surface area contributed by atoms with Gasteiger partial charge in [0.2, 0.25) is 0 Å². The molecule has 4 rings (SSSR count). The number of aliphatic hydroxyl groups is 1. The van der Waals surface area contributed by atoms with E-state index in [-0.39, 0.29) is 12.0 Å². The molecule has 1 aromatic carbocycles. The fraction of sp³-hybridized carbons (Fsp3) is 0.450. The molecule has 5 heteroatoms. The number of hydrogen-bond donors (Lipinski definition) is 2. The Labute approximate surface area is 147 Å². The number of nitrogens with one attached hydrogen (secondary N) is 1. The topological polar surface area (TPSA) is 59.6 Å². The van der Waals surface area contributed by atoms with Crippen LogP contribution in [0.5, 0.6) is 0 Å². The number of likely N-dealkylation sites (tertiary alicyclic amines) is 1. The Morgan fingerprint density at radius 2 is 2.04 bits per heavy atom. The molecule has 0 aliphatic carbocycles. The molecular weight excluding hydrogens is 314 g/mol. The molecule has 3 heterocycles. The molecule has 25 heavy (non-hydrogen) atoms. The summed E-state index contributed by atoms with van der Waals surface area (Å²) in [7, 11) is 2.13. The van der Waals surface area contributed by atoms with Gasteiger partial charge in [-0.15, -0.1) is 0 Å². The summed E-state index contributed by atoms with van der Waals surface area (Å²) in [6, 6.07) is 5.92. The van der Waals surface area contributed by atoms with Gasteiger partial charge >= 0.3 is 0 Å². The van der Waals surface area contributed by atoms with Crippen molar-refractivity contribution in [1.29, 1.82) is 0 Å². The molecule has 2 aliphatic heterocycles. The highest BCUT2D eigenvalue weighted by molar-refractivity contribution is 6.01. The third-order valence-corrected chi connectivity index (χ3v) is 5.44. The van der Waals surface area contributed by atoms with Gasteiger partial charge in [0.05, 0.1) is 6.10 Å². The molecule has 1 saturated heterocycles. The van der Waals surface area contributed by atoms with Crippen molar-refractivity contribution in [2.75, 3.05) is 33.2 Å². The van der Waals surface area contributed by atoms with E-state index in [1.54, 1.807) is 0 Å². The van der Waals surface area contributed by atoms with E-state index in [4.69, 9.17) is 0 Å². The molecule has 2 aromatic rings. The lowest BCUT2D eigenvalue weighted by atomic mass is 9.98. The van der Waals surface area contributed by atoms with Gasteiger partial charge in [-0.2, -0.15) is 0 Å². The lowest BCUT2D eigenvalue weighted by molar-refractivity contribution is 0.0546. The lowest BCUT2D eigenvalue weighted by Gasteiger charge is -2.29. The highest BCUT2D eigenvalue weighted by Crippen LogP contribution is 2.30. The first-order chi connectivity index (χ1) is 12.1. The number of aromatic amines is 1. The number of aromatic nitrogens is 1. The van der Waals surface area contributed by atoms with E-state index in [0.717, 1.165) is 36.0 Å². The predicted octanol–water partition coefficient (Wildman–Crippen LogP) is 2.48. The fourth-order valence-corrected chi connectivity index (χ4v) is 3.79. The molecule has 2 aliphatic rings. The predicted molar refractivity (Wildman–Crippen MR) is 99.5 cm³/mol. The first-order valence-electron chi connectivity index (χ1n) is 9.08. The van der Waals surface area contributed by atoms with Gasteiger partial charge in [-0.25, -0.2) is 0 Å². The second-order valence-corrected chi connectivity index (χ2v) is 7.23. The summed E-state index contributed by atoms with van der Waals surface area (Å²) in [4.78, 5) is 20.3. The first kappa shape index (κ1) is 16.4. The Bertz CT molecular complexity index is 815. The maximum Gasteiger partial charge on any atom is 0.253 e. The zero-order valence-electron chi connectivity index (χ0n) is 14.7. The van der Waals surface area contributed by atoms with Crippen LogP contribution in [0.1, 0.15) is 35.2 Å². The number of carbonyl (C=O) groups excluding carboxylic acids is 1. The summed E-state index contributed by atoms with van der Waals surface area (Å²) in [6.45, 7) is 3.30. The summed E-state index contributed by atoms with van der Waals surface area (Å²) >= 11 is 0. The molecule has 1 amide bonds. The van der Waals surface area contributed by atoms with Crippen LogP contribution < -0.4 is 0 Å². The summed E-state index contributed by atoms with van der Waals surface area (Å²) in [5.74, 6) is 0.0679. The number of aliphatic hydroxyl groups excluding tert-OH is 1. The third kappa shape index (κ3) is 3.22. The van der Waals surface area contributed by atoms with Crippen LogP contribution in [0.2, 0.25) is 0 Å². The van der Waals surface area contributed by atoms with Gasteiger partial charge in [0, 0.05) is 54.4 Å². The number of carbonyl (C=O) groups is 1. The standard InChI is InChI=1S/C20H25N3O2/c1-22-8-4-14(5-9-22)18-13-21-19-3-2-15(12-17(18)19)20(25)23-10-6-16(24)7-11-23/h2-4,12-13,16,21,24H,5-11H2,1H3. The van der Waals surface area contributed by atoms with E-state index < -0.39 is 0 Å². The summed E-state index contributed by atoms with van der Waals surface area (Å²) in [5.41, 5.74) is 4.38. The van der Waals surface area contributed by atoms with Crippen molar-refractivity contribution < 1.29 is 9.90 Å². The summed E-state index contributed by atoms with van der Waals surface area (Å²) in [5, 5.41) is 10.8. The zero-order valence-corrected chi connectivity index (χ0v) is 14.7. The molecule has 1 fully saturated rings. The lowest BCUT2D eigenvalue weighted by Crippen LogP contribution is -2.40. The molecule has 0 unspecified atom stereocenters. The maximum atomic E-state index is 12.8. The number of piperidine rings is 1. The van der Waals surface area contributed by atoms with Crippen molar-refractivity contribution >= 4 is 22.4 Å². The number of likely N-dealkylation sites (N-methyl/N-ethyl adjacent to an activating group) is 1. The van der Waals surface area contributed by atoms with E-state index in [0.29, 0.717) is 25.9 Å². The number of H-pyrrole nitrogens is 1. The Kier molecular flexibility index (Phi) is 4.36. The molecule has 0 spiro atoms. The van der Waals surface area contributed by atoms with E-state index in [1.165, 1.54) is 11.1 Å². The molecule has 0 saturated carbocycles. The third-order valence-electron chi connectivity index (χ3n) is 5.44. The Morgan fingerprint density at radius 1 is 1.24 bits per heavy atom. The largest absolute Gasteiger partial charge is 0.393 e. The van der Waals surface area contributed by atoms with Crippen LogP contribution >= 0.6 is 0 Å². The first-order valence-corrected chi connectivity index (χ1v) is 9.08. The van der Waals surface area contributed by atoms with E-state index in [1.807, 2.05) is 23.1 Å². The van der Waals surface area contributed by atoms with E-state index in [2.05, 4.69) is 29.2 Å². The number of benzene rings is 1. The summed E-state index contributed by atoms with van der Waals surface area (Å²) < 4.78 is 0. The van der Waals surface area contributed by atoms with Crippen molar-refractivity contribution in [3.05, 3.63) is 41.6 Å². The molecule has 0 bridgehead atoms. The Hall–Kier alpha value is -2.11. The fourth-order valence-electron chi connectivity index (χ4n) is 3.79. The van der Waals surface area contributed by atoms with Crippen LogP contribution in [0.15, 0.2) is 30.5 Å². The van der Waals surface area contributed by atoms with E-state index >= 15 is 0 Å². The highest BCUT2D eigenvalue weighted by atomic mass is 16.3. The van der Waals surface area contributed by atoms with Crippen molar-refractivity contribution in [3.8, 4) is 0 Å². The molecule has 2 N–H and O–H groups in total. The Morgan fingerprint density at radius 3 is 2.76 bits per heavy atom. The molecule has 5 nitrogen and oxygen atoms in total. The van der Waals surface area contributed by atoms with Gasteiger partial charge in [-0.3, -0.25) is 4.79 Å². The maximum absolute atomic E-state index is 12.8. The molecular formula is C20H25N3O2. The number of amides is 1. The van der Waals surface area contributed by atoms with Gasteiger partial charge in [-0.05, 0) is 50.1 Å². The minimum atomic E-state index is -0.265. The minimum Gasteiger partial charge on any atom is -0.393 e. The molecule has 0 atom stereocenters. The van der Waals surface area contributed by atoms with Crippen LogP contribution in [0.3, 0.4) is 0 Å². The molecule has 132 valence electrons. The second-order valence-electron chi connectivity index (χ2n) is 7.23. The van der Waals surface area contributed by atoms with Crippen LogP contribution in [-0.2, 0) is 0 Å². The average molecular weight is 339 g/mol. The second kappa shape index (κ2) is 6.65. The normalized spacial score (nSPS) is 20.1. The van der Waals surface area contributed by atoms with Crippen LogP contribution in [-0.4, -0.2) is 65.1 Å². The number of fused-ring (bicyclic) bond motifs is 1. The Balaban J connectivity index is 1.63. The van der Waals surface area contributed by atoms with Crippen molar-refractivity contribution in [2.24, 2.45) is 0 Å². The molecule has 0 radical (unpaired) electrons. The number of rotatable bonds is 2. The highest BCUT2D eigenvalue weighted by Gasteiger charge is 2.23. The molecule has 1 aromatic heterocycles. The average Bonchev–Trinajstić information content (AvgIpc) is 3.05. The quantitative estimate of drug-likeness (QED) is 0.884. The van der Waals surface area contributed by atoms with Gasteiger partial charge in [0.25, 0.3) is 5.91 Å². The van der Waals surface area contributed by atoms with E-state index in [9.17, 15) is 9.90 Å².